The van der Waals surface area contributed by atoms with E-state index in [1.165, 1.54) is 0 Å². The average Bonchev–Trinajstić information content (AvgIpc) is 3.15. The highest BCUT2D eigenvalue weighted by Gasteiger charge is 2.69. The lowest BCUT2D eigenvalue weighted by Crippen LogP contribution is -2.53. The molecule has 3 nitrogen and oxygen atoms in total. The summed E-state index contributed by atoms with van der Waals surface area (Å²) in [5, 5.41) is 10.0. The molecule has 5 rings (SSSR count). The molecule has 2 heterocycles. The van der Waals surface area contributed by atoms with E-state index in [9.17, 15) is 5.11 Å². The fourth-order valence-electron chi connectivity index (χ4n) is 5.02. The molecule has 3 heteroatoms. The topological polar surface area (TPSA) is 45.3 Å². The highest BCUT2D eigenvalue weighted by atomic mass is 16.6. The minimum Gasteiger partial charge on any atom is -0.389 e. The van der Waals surface area contributed by atoms with Gasteiger partial charge in [-0.05, 0) is 42.9 Å². The second kappa shape index (κ2) is 2.63. The van der Waals surface area contributed by atoms with Gasteiger partial charge in [0.05, 0.1) is 30.5 Å². The number of aliphatic hydroxyl groups excluding tert-OH is 1. The first-order valence-corrected chi connectivity index (χ1v) is 6.88. The first-order valence-electron chi connectivity index (χ1n) is 6.88. The summed E-state index contributed by atoms with van der Waals surface area (Å²) in [4.78, 5) is 0. The Morgan fingerprint density at radius 3 is 2.12 bits per heavy atom. The van der Waals surface area contributed by atoms with Gasteiger partial charge in [0.25, 0.3) is 0 Å². The van der Waals surface area contributed by atoms with Crippen molar-refractivity contribution in [1.29, 1.82) is 0 Å². The van der Waals surface area contributed by atoms with Crippen LogP contribution >= 0.6 is 0 Å². The first kappa shape index (κ1) is 9.54. The summed E-state index contributed by atoms with van der Waals surface area (Å²) >= 11 is 0. The van der Waals surface area contributed by atoms with Gasteiger partial charge in [0.1, 0.15) is 0 Å². The van der Waals surface area contributed by atoms with Gasteiger partial charge in [-0.25, -0.2) is 0 Å². The number of allylic oxidation sites excluding steroid dienone is 1. The van der Waals surface area contributed by atoms with Crippen LogP contribution in [0.1, 0.15) is 32.1 Å². The highest BCUT2D eigenvalue weighted by Crippen LogP contribution is 2.69. The molecule has 2 aliphatic heterocycles. The normalized spacial score (nSPS) is 66.3. The molecule has 5 atom stereocenters. The summed E-state index contributed by atoms with van der Waals surface area (Å²) in [6.45, 7) is 0. The fraction of sp³-hybridized carbons (Fsp3) is 0.857. The Morgan fingerprint density at radius 2 is 1.47 bits per heavy atom. The van der Waals surface area contributed by atoms with E-state index in [0.29, 0.717) is 24.4 Å². The predicted molar refractivity (Wildman–Crippen MR) is 60.4 cm³/mol. The summed E-state index contributed by atoms with van der Waals surface area (Å²) in [6.07, 6.45) is 11.6. The Kier molecular flexibility index (Phi) is 1.48. The molecule has 0 aromatic heterocycles. The Balaban J connectivity index is 1.64. The van der Waals surface area contributed by atoms with Crippen molar-refractivity contribution in [2.45, 2.75) is 62.6 Å². The van der Waals surface area contributed by atoms with Crippen LogP contribution in [0, 0.1) is 10.8 Å². The Bertz CT molecular complexity index is 394. The van der Waals surface area contributed by atoms with Gasteiger partial charge >= 0.3 is 0 Å². The van der Waals surface area contributed by atoms with E-state index in [0.717, 1.165) is 32.1 Å². The molecule has 5 aliphatic rings. The quantitative estimate of drug-likeness (QED) is 0.509. The van der Waals surface area contributed by atoms with Crippen molar-refractivity contribution in [3.8, 4) is 0 Å². The van der Waals surface area contributed by atoms with Crippen molar-refractivity contribution >= 4 is 0 Å². The van der Waals surface area contributed by atoms with Crippen LogP contribution in [0.4, 0.5) is 0 Å². The third kappa shape index (κ3) is 1.09. The minimum absolute atomic E-state index is 0.256. The molecule has 17 heavy (non-hydrogen) atoms. The SMILES string of the molecule is OC1C=CC23CC4OC4CC2(C1)CC1OC1C3. The monoisotopic (exact) mass is 234 g/mol. The Labute approximate surface area is 101 Å². The third-order valence-corrected chi connectivity index (χ3v) is 5.98. The molecular weight excluding hydrogens is 216 g/mol. The fourth-order valence-corrected chi connectivity index (χ4v) is 5.02. The molecule has 0 amide bonds. The van der Waals surface area contributed by atoms with Crippen LogP contribution < -0.4 is 0 Å². The van der Waals surface area contributed by atoms with Crippen LogP contribution in [0.15, 0.2) is 12.2 Å². The first-order chi connectivity index (χ1) is 8.20. The number of epoxide rings is 2. The maximum absolute atomic E-state index is 10.0. The van der Waals surface area contributed by atoms with Gasteiger partial charge < -0.3 is 14.6 Å². The van der Waals surface area contributed by atoms with Crippen molar-refractivity contribution in [3.63, 3.8) is 0 Å². The van der Waals surface area contributed by atoms with E-state index in [-0.39, 0.29) is 16.9 Å². The predicted octanol–water partition coefficient (Wildman–Crippen LogP) is 1.40. The number of rotatable bonds is 0. The van der Waals surface area contributed by atoms with Gasteiger partial charge in [-0.1, -0.05) is 12.2 Å². The maximum atomic E-state index is 10.0. The second-order valence-corrected chi connectivity index (χ2v) is 6.81. The summed E-state index contributed by atoms with van der Waals surface area (Å²) in [7, 11) is 0. The molecule has 0 bridgehead atoms. The molecule has 3 aliphatic carbocycles. The smallest absolute Gasteiger partial charge is 0.0850 e. The standard InChI is InChI=1S/C14H18O3/c15-8-1-2-13-4-9-11(16-9)6-14(13,3-8)7-12-10(5-13)17-12/h1-2,8-12,15H,3-7H2. The van der Waals surface area contributed by atoms with E-state index >= 15 is 0 Å². The van der Waals surface area contributed by atoms with Crippen LogP contribution in [0.25, 0.3) is 0 Å². The van der Waals surface area contributed by atoms with Gasteiger partial charge in [0.15, 0.2) is 0 Å². The molecule has 2 saturated carbocycles. The van der Waals surface area contributed by atoms with Crippen LogP contribution in [-0.4, -0.2) is 35.6 Å². The van der Waals surface area contributed by atoms with E-state index in [2.05, 4.69) is 6.08 Å². The highest BCUT2D eigenvalue weighted by molar-refractivity contribution is 5.26. The van der Waals surface area contributed by atoms with Crippen molar-refractivity contribution < 1.29 is 14.6 Å². The van der Waals surface area contributed by atoms with Crippen LogP contribution in [-0.2, 0) is 9.47 Å². The van der Waals surface area contributed by atoms with E-state index in [1.807, 2.05) is 6.08 Å². The Morgan fingerprint density at radius 1 is 0.882 bits per heavy atom. The van der Waals surface area contributed by atoms with E-state index in [4.69, 9.17) is 9.47 Å². The molecule has 0 aromatic carbocycles. The molecule has 92 valence electrons. The lowest BCUT2D eigenvalue weighted by atomic mass is 9.47. The van der Waals surface area contributed by atoms with Crippen molar-refractivity contribution in [3.05, 3.63) is 12.2 Å². The number of hydrogen-bond donors (Lipinski definition) is 1. The lowest BCUT2D eigenvalue weighted by Gasteiger charge is -2.56. The van der Waals surface area contributed by atoms with Crippen molar-refractivity contribution in [2.24, 2.45) is 10.8 Å². The summed E-state index contributed by atoms with van der Waals surface area (Å²) in [5.41, 5.74) is 0.526. The zero-order valence-electron chi connectivity index (χ0n) is 9.84. The zero-order chi connectivity index (χ0) is 11.3. The van der Waals surface area contributed by atoms with Gasteiger partial charge in [0, 0.05) is 0 Å². The molecule has 4 fully saturated rings. The largest absolute Gasteiger partial charge is 0.389 e. The second-order valence-electron chi connectivity index (χ2n) is 6.81. The molecule has 1 N–H and O–H groups in total. The Hall–Kier alpha value is -0.380. The van der Waals surface area contributed by atoms with Crippen LogP contribution in [0.5, 0.6) is 0 Å². The summed E-state index contributed by atoms with van der Waals surface area (Å²) < 4.78 is 11.6. The third-order valence-electron chi connectivity index (χ3n) is 5.98. The van der Waals surface area contributed by atoms with Crippen LogP contribution in [0.3, 0.4) is 0 Å². The number of aliphatic hydroxyl groups is 1. The molecule has 0 radical (unpaired) electrons. The van der Waals surface area contributed by atoms with Crippen molar-refractivity contribution in [2.75, 3.05) is 0 Å². The van der Waals surface area contributed by atoms with E-state index in [1.54, 1.807) is 0 Å². The van der Waals surface area contributed by atoms with Crippen molar-refractivity contribution in [1.82, 2.24) is 0 Å². The molecule has 5 unspecified atom stereocenters. The molecule has 0 spiro atoms. The van der Waals surface area contributed by atoms with E-state index < -0.39 is 0 Å². The molecule has 2 saturated heterocycles. The minimum atomic E-state index is -0.256. The summed E-state index contributed by atoms with van der Waals surface area (Å²) in [5.74, 6) is 0. The van der Waals surface area contributed by atoms with Gasteiger partial charge in [0.2, 0.25) is 0 Å². The maximum Gasteiger partial charge on any atom is 0.0850 e. The lowest BCUT2D eigenvalue weighted by molar-refractivity contribution is -0.0382. The molecular formula is C14H18O3. The zero-order valence-corrected chi connectivity index (χ0v) is 9.84. The van der Waals surface area contributed by atoms with Crippen LogP contribution in [0.2, 0.25) is 0 Å². The molecule has 0 aromatic rings. The van der Waals surface area contributed by atoms with Gasteiger partial charge in [-0.2, -0.15) is 0 Å². The van der Waals surface area contributed by atoms with Gasteiger partial charge in [-0.3, -0.25) is 0 Å². The van der Waals surface area contributed by atoms with Gasteiger partial charge in [-0.15, -0.1) is 0 Å². The number of ether oxygens (including phenoxy) is 2. The summed E-state index contributed by atoms with van der Waals surface area (Å²) in [6, 6.07) is 0. The number of hydrogen-bond acceptors (Lipinski definition) is 3. The number of fused-ring (bicyclic) bond motifs is 2. The average molecular weight is 234 g/mol.